The van der Waals surface area contributed by atoms with Gasteiger partial charge in [-0.1, -0.05) is 19.9 Å². The monoisotopic (exact) mass is 237 g/mol. The molecule has 1 aromatic rings. The van der Waals surface area contributed by atoms with Gasteiger partial charge in [0, 0.05) is 24.2 Å². The van der Waals surface area contributed by atoms with E-state index in [0.29, 0.717) is 24.0 Å². The number of aliphatic hydroxyl groups excluding tert-OH is 1. The van der Waals surface area contributed by atoms with Crippen molar-refractivity contribution in [3.05, 3.63) is 23.8 Å². The number of amides is 1. The highest BCUT2D eigenvalue weighted by Gasteiger charge is 2.06. The van der Waals surface area contributed by atoms with Crippen LogP contribution in [-0.4, -0.2) is 17.6 Å². The van der Waals surface area contributed by atoms with Gasteiger partial charge >= 0.3 is 0 Å². The van der Waals surface area contributed by atoms with Crippen molar-refractivity contribution in [3.8, 4) is 5.75 Å². The molecule has 1 aromatic carbocycles. The molecule has 1 amide bonds. The van der Waals surface area contributed by atoms with Crippen LogP contribution in [0.1, 0.15) is 26.3 Å². The highest BCUT2D eigenvalue weighted by atomic mass is 16.5. The Balaban J connectivity index is 2.85. The zero-order valence-electron chi connectivity index (χ0n) is 10.5. The Morgan fingerprint density at radius 2 is 2.18 bits per heavy atom. The topological polar surface area (TPSA) is 58.6 Å². The van der Waals surface area contributed by atoms with Crippen molar-refractivity contribution in [2.75, 3.05) is 11.9 Å². The van der Waals surface area contributed by atoms with E-state index >= 15 is 0 Å². The van der Waals surface area contributed by atoms with Gasteiger partial charge in [0.1, 0.15) is 5.75 Å². The van der Waals surface area contributed by atoms with Crippen molar-refractivity contribution >= 4 is 11.6 Å². The first kappa shape index (κ1) is 13.5. The Morgan fingerprint density at radius 3 is 2.71 bits per heavy atom. The summed E-state index contributed by atoms with van der Waals surface area (Å²) in [4.78, 5) is 10.9. The lowest BCUT2D eigenvalue weighted by Gasteiger charge is -2.13. The number of hydrogen-bond donors (Lipinski definition) is 2. The molecule has 0 aliphatic rings. The molecular weight excluding hydrogens is 218 g/mol. The normalized spacial score (nSPS) is 10.4. The maximum absolute atomic E-state index is 10.9. The van der Waals surface area contributed by atoms with Crippen molar-refractivity contribution in [2.24, 2.45) is 5.92 Å². The molecule has 17 heavy (non-hydrogen) atoms. The lowest BCUT2D eigenvalue weighted by Crippen LogP contribution is -2.09. The lowest BCUT2D eigenvalue weighted by atomic mass is 10.2. The maximum Gasteiger partial charge on any atom is 0.221 e. The highest BCUT2D eigenvalue weighted by molar-refractivity contribution is 5.88. The molecule has 4 nitrogen and oxygen atoms in total. The summed E-state index contributed by atoms with van der Waals surface area (Å²) in [5.74, 6) is 0.898. The summed E-state index contributed by atoms with van der Waals surface area (Å²) in [6.07, 6.45) is 0. The lowest BCUT2D eigenvalue weighted by molar-refractivity contribution is -0.114. The first-order chi connectivity index (χ1) is 8.02. The minimum atomic E-state index is -0.128. The van der Waals surface area contributed by atoms with Gasteiger partial charge in [0.2, 0.25) is 5.91 Å². The van der Waals surface area contributed by atoms with Crippen LogP contribution < -0.4 is 10.1 Å². The number of carbonyl (C=O) groups is 1. The van der Waals surface area contributed by atoms with Crippen molar-refractivity contribution in [1.29, 1.82) is 0 Å². The van der Waals surface area contributed by atoms with Gasteiger partial charge in [-0.25, -0.2) is 0 Å². The van der Waals surface area contributed by atoms with Gasteiger partial charge in [-0.05, 0) is 12.0 Å². The van der Waals surface area contributed by atoms with E-state index in [-0.39, 0.29) is 12.5 Å². The zero-order chi connectivity index (χ0) is 12.8. The highest BCUT2D eigenvalue weighted by Crippen LogP contribution is 2.24. The predicted molar refractivity (Wildman–Crippen MR) is 67.0 cm³/mol. The Labute approximate surface area is 102 Å². The van der Waals surface area contributed by atoms with E-state index in [1.165, 1.54) is 6.92 Å². The van der Waals surface area contributed by atoms with Crippen molar-refractivity contribution in [1.82, 2.24) is 0 Å². The number of benzene rings is 1. The summed E-state index contributed by atoms with van der Waals surface area (Å²) < 4.78 is 5.60. The first-order valence-electron chi connectivity index (χ1n) is 5.67. The van der Waals surface area contributed by atoms with Crippen molar-refractivity contribution in [3.63, 3.8) is 0 Å². The second-order valence-electron chi connectivity index (χ2n) is 4.37. The van der Waals surface area contributed by atoms with Crippen LogP contribution in [0.25, 0.3) is 0 Å². The molecule has 0 aliphatic heterocycles. The standard InChI is InChI=1S/C13H19NO3/c1-9(2)8-17-13-6-12(14-10(3)16)5-4-11(13)7-15/h4-6,9,15H,7-8H2,1-3H3,(H,14,16). The molecule has 1 rings (SSSR count). The van der Waals surface area contributed by atoms with Gasteiger partial charge in [-0.15, -0.1) is 0 Å². The summed E-state index contributed by atoms with van der Waals surface area (Å²) in [6, 6.07) is 5.23. The number of rotatable bonds is 5. The SMILES string of the molecule is CC(=O)Nc1ccc(CO)c(OCC(C)C)c1. The second kappa shape index (κ2) is 6.25. The molecule has 0 unspecified atom stereocenters. The fraction of sp³-hybridized carbons (Fsp3) is 0.462. The molecule has 0 radical (unpaired) electrons. The number of hydrogen-bond acceptors (Lipinski definition) is 3. The van der Waals surface area contributed by atoms with Crippen molar-refractivity contribution in [2.45, 2.75) is 27.4 Å². The zero-order valence-corrected chi connectivity index (χ0v) is 10.5. The Hall–Kier alpha value is -1.55. The molecular formula is C13H19NO3. The second-order valence-corrected chi connectivity index (χ2v) is 4.37. The maximum atomic E-state index is 10.9. The number of carbonyl (C=O) groups excluding carboxylic acids is 1. The molecule has 0 fully saturated rings. The van der Waals surface area contributed by atoms with Crippen LogP contribution in [0, 0.1) is 5.92 Å². The average molecular weight is 237 g/mol. The van der Waals surface area contributed by atoms with Gasteiger partial charge in [-0.3, -0.25) is 4.79 Å². The summed E-state index contributed by atoms with van der Waals surface area (Å²) in [7, 11) is 0. The molecule has 0 saturated heterocycles. The quantitative estimate of drug-likeness (QED) is 0.825. The van der Waals surface area contributed by atoms with E-state index in [1.807, 2.05) is 0 Å². The largest absolute Gasteiger partial charge is 0.493 e. The molecule has 0 atom stereocenters. The molecule has 0 heterocycles. The van der Waals surface area contributed by atoms with E-state index in [4.69, 9.17) is 4.74 Å². The molecule has 0 saturated carbocycles. The van der Waals surface area contributed by atoms with Crippen LogP contribution in [0.15, 0.2) is 18.2 Å². The molecule has 0 bridgehead atoms. The number of anilines is 1. The van der Waals surface area contributed by atoms with Crippen molar-refractivity contribution < 1.29 is 14.6 Å². The fourth-order valence-corrected chi connectivity index (χ4v) is 1.36. The van der Waals surface area contributed by atoms with E-state index in [0.717, 1.165) is 5.56 Å². The molecule has 94 valence electrons. The van der Waals surface area contributed by atoms with Crippen LogP contribution in [0.4, 0.5) is 5.69 Å². The van der Waals surface area contributed by atoms with Crippen LogP contribution in [0.2, 0.25) is 0 Å². The summed E-state index contributed by atoms with van der Waals surface area (Å²) in [5.41, 5.74) is 1.40. The van der Waals surface area contributed by atoms with Gasteiger partial charge in [0.15, 0.2) is 0 Å². The van der Waals surface area contributed by atoms with Gasteiger partial charge in [-0.2, -0.15) is 0 Å². The van der Waals surface area contributed by atoms with Crippen LogP contribution in [0.3, 0.4) is 0 Å². The third-order valence-electron chi connectivity index (χ3n) is 2.13. The van der Waals surface area contributed by atoms with E-state index in [1.54, 1.807) is 18.2 Å². The Bertz CT molecular complexity index is 388. The smallest absolute Gasteiger partial charge is 0.221 e. The van der Waals surface area contributed by atoms with E-state index in [9.17, 15) is 9.90 Å². The summed E-state index contributed by atoms with van der Waals surface area (Å²) >= 11 is 0. The third kappa shape index (κ3) is 4.44. The Morgan fingerprint density at radius 1 is 1.47 bits per heavy atom. The van der Waals surface area contributed by atoms with Gasteiger partial charge < -0.3 is 15.2 Å². The molecule has 2 N–H and O–H groups in total. The number of nitrogens with one attached hydrogen (secondary N) is 1. The molecule has 4 heteroatoms. The van der Waals surface area contributed by atoms with E-state index < -0.39 is 0 Å². The van der Waals surface area contributed by atoms with Gasteiger partial charge in [0.05, 0.1) is 13.2 Å². The minimum absolute atomic E-state index is 0.0756. The summed E-state index contributed by atoms with van der Waals surface area (Å²) in [6.45, 7) is 6.06. The third-order valence-corrected chi connectivity index (χ3v) is 2.13. The van der Waals surface area contributed by atoms with Crippen LogP contribution in [0.5, 0.6) is 5.75 Å². The number of ether oxygens (including phenoxy) is 1. The fourth-order valence-electron chi connectivity index (χ4n) is 1.36. The van der Waals surface area contributed by atoms with E-state index in [2.05, 4.69) is 19.2 Å². The Kier molecular flexibility index (Phi) is 4.97. The van der Waals surface area contributed by atoms with Gasteiger partial charge in [0.25, 0.3) is 0 Å². The molecule has 0 aliphatic carbocycles. The predicted octanol–water partition coefficient (Wildman–Crippen LogP) is 2.17. The summed E-state index contributed by atoms with van der Waals surface area (Å²) in [5, 5.41) is 11.9. The average Bonchev–Trinajstić information content (AvgIpc) is 2.25. The molecule has 0 aromatic heterocycles. The minimum Gasteiger partial charge on any atom is -0.493 e. The molecule has 0 spiro atoms. The number of aliphatic hydroxyl groups is 1. The van der Waals surface area contributed by atoms with Crippen LogP contribution >= 0.6 is 0 Å². The first-order valence-corrected chi connectivity index (χ1v) is 5.67. The van der Waals surface area contributed by atoms with Crippen LogP contribution in [-0.2, 0) is 11.4 Å².